The van der Waals surface area contributed by atoms with Crippen LogP contribution >= 0.6 is 11.3 Å². The maximum absolute atomic E-state index is 11.2. The highest BCUT2D eigenvalue weighted by Gasteiger charge is 2.15. The zero-order valence-electron chi connectivity index (χ0n) is 13.1. The highest BCUT2D eigenvalue weighted by atomic mass is 32.1. The molecule has 0 spiro atoms. The predicted octanol–water partition coefficient (Wildman–Crippen LogP) is 4.61. The monoisotopic (exact) mass is 354 g/mol. The first kappa shape index (κ1) is 16.8. The molecule has 0 saturated heterocycles. The topological polar surface area (TPSA) is 93.3 Å². The lowest BCUT2D eigenvalue weighted by molar-refractivity contribution is -0.385. The molecule has 0 aliphatic heterocycles. The molecule has 1 heterocycles. The van der Waals surface area contributed by atoms with Crippen LogP contribution in [0.2, 0.25) is 0 Å². The Labute approximate surface area is 147 Å². The second kappa shape index (κ2) is 7.23. The van der Waals surface area contributed by atoms with Gasteiger partial charge in [0.25, 0.3) is 5.69 Å². The third kappa shape index (κ3) is 3.89. The van der Waals surface area contributed by atoms with E-state index in [9.17, 15) is 14.9 Å². The minimum absolute atomic E-state index is 0.0172. The van der Waals surface area contributed by atoms with Crippen LogP contribution in [0.3, 0.4) is 0 Å². The summed E-state index contributed by atoms with van der Waals surface area (Å²) in [6, 6.07) is 14.0. The number of para-hydroxylation sites is 2. The summed E-state index contributed by atoms with van der Waals surface area (Å²) in [4.78, 5) is 26.3. The molecule has 1 aromatic heterocycles. The molecular weight excluding hydrogens is 340 g/mol. The summed E-state index contributed by atoms with van der Waals surface area (Å²) in [5.74, 6) is -0.922. The van der Waals surface area contributed by atoms with E-state index in [1.54, 1.807) is 24.3 Å². The van der Waals surface area contributed by atoms with Gasteiger partial charge in [0.2, 0.25) is 0 Å². The van der Waals surface area contributed by atoms with Gasteiger partial charge in [0, 0.05) is 12.5 Å². The van der Waals surface area contributed by atoms with Crippen molar-refractivity contribution in [1.82, 2.24) is 4.98 Å². The van der Waals surface area contributed by atoms with E-state index in [1.807, 2.05) is 24.3 Å². The number of allylic oxidation sites excluding steroid dienone is 1. The summed E-state index contributed by atoms with van der Waals surface area (Å²) >= 11 is 1.45. The van der Waals surface area contributed by atoms with Gasteiger partial charge in [-0.2, -0.15) is 0 Å². The number of benzene rings is 2. The Morgan fingerprint density at radius 2 is 1.88 bits per heavy atom. The van der Waals surface area contributed by atoms with E-state index in [0.717, 1.165) is 10.2 Å². The number of fused-ring (bicyclic) bond motifs is 1. The molecule has 6 nitrogen and oxygen atoms in total. The number of thiazole rings is 1. The first-order valence-electron chi connectivity index (χ1n) is 7.56. The highest BCUT2D eigenvalue weighted by molar-refractivity contribution is 7.19. The molecule has 0 aliphatic rings. The Balaban J connectivity index is 2.08. The summed E-state index contributed by atoms with van der Waals surface area (Å²) in [5, 5.41) is 20.9. The van der Waals surface area contributed by atoms with Crippen molar-refractivity contribution >= 4 is 44.9 Å². The van der Waals surface area contributed by atoms with Crippen molar-refractivity contribution in [2.45, 2.75) is 12.8 Å². The number of nitrogens with zero attached hydrogens (tertiary/aromatic N) is 2. The third-order valence-electron chi connectivity index (χ3n) is 3.64. The summed E-state index contributed by atoms with van der Waals surface area (Å²) < 4.78 is 0.987. The average Bonchev–Trinajstić information content (AvgIpc) is 3.02. The predicted molar refractivity (Wildman–Crippen MR) is 97.5 cm³/mol. The Bertz CT molecular complexity index is 945. The zero-order valence-corrected chi connectivity index (χ0v) is 13.9. The lowest BCUT2D eigenvalue weighted by Gasteiger charge is -2.04. The fourth-order valence-corrected chi connectivity index (χ4v) is 3.46. The van der Waals surface area contributed by atoms with Crippen molar-refractivity contribution in [1.29, 1.82) is 0 Å². The molecule has 0 bridgehead atoms. The first-order chi connectivity index (χ1) is 12.0. The molecule has 0 aliphatic carbocycles. The van der Waals surface area contributed by atoms with E-state index in [1.165, 1.54) is 17.4 Å². The lowest BCUT2D eigenvalue weighted by atomic mass is 10.1. The standard InChI is InChI=1S/C18H14N2O4S/c21-17(22)10-9-13(11-12-5-1-3-7-15(12)20(23)24)18-19-14-6-2-4-8-16(14)25-18/h1-8,11H,9-10H2,(H,21,22)/b13-11-. The largest absolute Gasteiger partial charge is 0.481 e. The van der Waals surface area contributed by atoms with Crippen LogP contribution in [0.1, 0.15) is 23.4 Å². The van der Waals surface area contributed by atoms with E-state index < -0.39 is 10.9 Å². The zero-order chi connectivity index (χ0) is 17.8. The number of carbonyl (C=O) groups is 1. The van der Waals surface area contributed by atoms with E-state index >= 15 is 0 Å². The molecule has 2 aromatic carbocycles. The van der Waals surface area contributed by atoms with Crippen LogP contribution in [0.4, 0.5) is 5.69 Å². The molecule has 0 atom stereocenters. The molecule has 3 rings (SSSR count). The Kier molecular flexibility index (Phi) is 4.85. The second-order valence-corrected chi connectivity index (χ2v) is 6.40. The van der Waals surface area contributed by atoms with Crippen LogP contribution in [0.15, 0.2) is 48.5 Å². The summed E-state index contributed by atoms with van der Waals surface area (Å²) in [5.41, 5.74) is 1.92. The Morgan fingerprint density at radius 1 is 1.16 bits per heavy atom. The minimum Gasteiger partial charge on any atom is -0.481 e. The average molecular weight is 354 g/mol. The Morgan fingerprint density at radius 3 is 2.60 bits per heavy atom. The molecule has 1 N–H and O–H groups in total. The van der Waals surface area contributed by atoms with Gasteiger partial charge in [-0.3, -0.25) is 14.9 Å². The number of aromatic nitrogens is 1. The van der Waals surface area contributed by atoms with Gasteiger partial charge in [0.1, 0.15) is 5.01 Å². The molecule has 0 amide bonds. The normalized spacial score (nSPS) is 11.6. The molecule has 7 heteroatoms. The molecule has 0 saturated carbocycles. The minimum atomic E-state index is -0.922. The lowest BCUT2D eigenvalue weighted by Crippen LogP contribution is -1.96. The van der Waals surface area contributed by atoms with Crippen LogP contribution in [0.25, 0.3) is 21.9 Å². The highest BCUT2D eigenvalue weighted by Crippen LogP contribution is 2.32. The quantitative estimate of drug-likeness (QED) is 0.515. The number of carboxylic acids is 1. The second-order valence-electron chi connectivity index (χ2n) is 5.37. The van der Waals surface area contributed by atoms with Crippen LogP contribution in [-0.2, 0) is 4.79 Å². The third-order valence-corrected chi connectivity index (χ3v) is 4.75. The fourth-order valence-electron chi connectivity index (χ4n) is 2.46. The van der Waals surface area contributed by atoms with Gasteiger partial charge in [-0.05, 0) is 36.3 Å². The van der Waals surface area contributed by atoms with Crippen molar-refractivity contribution in [3.05, 3.63) is 69.2 Å². The van der Waals surface area contributed by atoms with Crippen LogP contribution in [0.5, 0.6) is 0 Å². The number of rotatable bonds is 6. The number of aliphatic carboxylic acids is 1. The molecule has 25 heavy (non-hydrogen) atoms. The number of nitro benzene ring substituents is 1. The maximum Gasteiger partial charge on any atom is 0.303 e. The van der Waals surface area contributed by atoms with Crippen molar-refractivity contribution in [2.75, 3.05) is 0 Å². The first-order valence-corrected chi connectivity index (χ1v) is 8.38. The van der Waals surface area contributed by atoms with Crippen LogP contribution < -0.4 is 0 Å². The summed E-state index contributed by atoms with van der Waals surface area (Å²) in [6.45, 7) is 0. The maximum atomic E-state index is 11.2. The molecule has 0 unspecified atom stereocenters. The molecule has 3 aromatic rings. The van der Waals surface area contributed by atoms with Gasteiger partial charge in [0.05, 0.1) is 20.7 Å². The van der Waals surface area contributed by atoms with Gasteiger partial charge >= 0.3 is 5.97 Å². The smallest absolute Gasteiger partial charge is 0.303 e. The van der Waals surface area contributed by atoms with E-state index in [4.69, 9.17) is 5.11 Å². The van der Waals surface area contributed by atoms with Crippen molar-refractivity contribution in [3.63, 3.8) is 0 Å². The number of nitro groups is 1. The van der Waals surface area contributed by atoms with Crippen LogP contribution in [0, 0.1) is 10.1 Å². The van der Waals surface area contributed by atoms with E-state index in [2.05, 4.69) is 4.98 Å². The van der Waals surface area contributed by atoms with Gasteiger partial charge < -0.3 is 5.11 Å². The summed E-state index contributed by atoms with van der Waals surface area (Å²) in [6.07, 6.45) is 1.85. The van der Waals surface area contributed by atoms with Gasteiger partial charge in [0.15, 0.2) is 0 Å². The van der Waals surface area contributed by atoms with E-state index in [0.29, 0.717) is 16.1 Å². The van der Waals surface area contributed by atoms with E-state index in [-0.39, 0.29) is 18.5 Å². The molecule has 0 radical (unpaired) electrons. The van der Waals surface area contributed by atoms with Crippen LogP contribution in [-0.4, -0.2) is 21.0 Å². The number of carboxylic acid groups (broad SMARTS) is 1. The van der Waals surface area contributed by atoms with Crippen molar-refractivity contribution in [3.8, 4) is 0 Å². The molecular formula is C18H14N2O4S. The number of hydrogen-bond donors (Lipinski definition) is 1. The van der Waals surface area contributed by atoms with Gasteiger partial charge in [-0.25, -0.2) is 4.98 Å². The van der Waals surface area contributed by atoms with Crippen molar-refractivity contribution < 1.29 is 14.8 Å². The SMILES string of the molecule is O=C(O)CC/C(=C/c1ccccc1[N+](=O)[O-])c1nc2ccccc2s1. The molecule has 0 fully saturated rings. The summed E-state index contributed by atoms with van der Waals surface area (Å²) in [7, 11) is 0. The van der Waals surface area contributed by atoms with Gasteiger partial charge in [-0.1, -0.05) is 24.3 Å². The Hall–Kier alpha value is -3.06. The number of hydrogen-bond acceptors (Lipinski definition) is 5. The fraction of sp³-hybridized carbons (Fsp3) is 0.111. The molecule has 126 valence electrons. The van der Waals surface area contributed by atoms with Crippen molar-refractivity contribution in [2.24, 2.45) is 0 Å². The van der Waals surface area contributed by atoms with Gasteiger partial charge in [-0.15, -0.1) is 11.3 Å².